The van der Waals surface area contributed by atoms with Crippen LogP contribution in [-0.4, -0.2) is 45.5 Å². The van der Waals surface area contributed by atoms with Gasteiger partial charge in [-0.15, -0.1) is 0 Å². The van der Waals surface area contributed by atoms with Crippen LogP contribution < -0.4 is 9.64 Å². The lowest BCUT2D eigenvalue weighted by Crippen LogP contribution is -2.48. The Bertz CT molecular complexity index is 855. The van der Waals surface area contributed by atoms with Gasteiger partial charge in [-0.05, 0) is 62.2 Å². The van der Waals surface area contributed by atoms with E-state index in [1.165, 1.54) is 16.8 Å². The van der Waals surface area contributed by atoms with Crippen LogP contribution >= 0.6 is 0 Å². The Hall–Kier alpha value is -2.05. The Labute approximate surface area is 156 Å². The second-order valence-corrected chi connectivity index (χ2v) is 8.52. The molecule has 3 rings (SSSR count). The van der Waals surface area contributed by atoms with Crippen LogP contribution in [0, 0.1) is 13.8 Å². The van der Waals surface area contributed by atoms with Crippen LogP contribution in [0.25, 0.3) is 0 Å². The lowest BCUT2D eigenvalue weighted by Gasteiger charge is -2.36. The monoisotopic (exact) mass is 374 g/mol. The summed E-state index contributed by atoms with van der Waals surface area (Å²) in [4.78, 5) is 2.59. The van der Waals surface area contributed by atoms with Crippen LogP contribution in [0.15, 0.2) is 47.4 Å². The van der Waals surface area contributed by atoms with Crippen LogP contribution in [-0.2, 0) is 10.0 Å². The van der Waals surface area contributed by atoms with Crippen molar-refractivity contribution >= 4 is 15.7 Å². The van der Waals surface area contributed by atoms with E-state index in [1.807, 2.05) is 6.92 Å². The predicted molar refractivity (Wildman–Crippen MR) is 104 cm³/mol. The molecule has 0 unspecified atom stereocenters. The van der Waals surface area contributed by atoms with Gasteiger partial charge in [0.2, 0.25) is 10.0 Å². The number of ether oxygens (including phenoxy) is 1. The standard InChI is InChI=1S/C20H26N2O3S/c1-4-25-18-7-9-19(10-8-18)26(23,24)22-13-11-21(12-14-22)20-15-16(2)5-6-17(20)3/h5-10,15H,4,11-14H2,1-3H3. The first-order valence-electron chi connectivity index (χ1n) is 8.97. The molecule has 0 atom stereocenters. The second-order valence-electron chi connectivity index (χ2n) is 6.59. The van der Waals surface area contributed by atoms with Crippen LogP contribution in [0.5, 0.6) is 5.75 Å². The SMILES string of the molecule is CCOc1ccc(S(=O)(=O)N2CCN(c3cc(C)ccc3C)CC2)cc1. The molecular weight excluding hydrogens is 348 g/mol. The van der Waals surface area contributed by atoms with Gasteiger partial charge >= 0.3 is 0 Å². The number of hydrogen-bond acceptors (Lipinski definition) is 4. The van der Waals surface area contributed by atoms with Gasteiger partial charge in [0.05, 0.1) is 11.5 Å². The van der Waals surface area contributed by atoms with Gasteiger partial charge in [0.25, 0.3) is 0 Å². The number of hydrogen-bond donors (Lipinski definition) is 0. The number of rotatable bonds is 5. The number of aryl methyl sites for hydroxylation is 2. The molecule has 0 radical (unpaired) electrons. The molecule has 26 heavy (non-hydrogen) atoms. The van der Waals surface area contributed by atoms with E-state index >= 15 is 0 Å². The number of sulfonamides is 1. The Morgan fingerprint density at radius 3 is 2.23 bits per heavy atom. The fraction of sp³-hybridized carbons (Fsp3) is 0.400. The minimum atomic E-state index is -3.47. The molecule has 1 aliphatic heterocycles. The van der Waals surface area contributed by atoms with E-state index < -0.39 is 10.0 Å². The van der Waals surface area contributed by atoms with E-state index in [4.69, 9.17) is 4.74 Å². The smallest absolute Gasteiger partial charge is 0.243 e. The average molecular weight is 375 g/mol. The molecule has 1 aliphatic rings. The van der Waals surface area contributed by atoms with Crippen molar-refractivity contribution in [2.75, 3.05) is 37.7 Å². The van der Waals surface area contributed by atoms with Crippen molar-refractivity contribution in [1.82, 2.24) is 4.31 Å². The number of benzene rings is 2. The largest absolute Gasteiger partial charge is 0.494 e. The molecular formula is C20H26N2O3S. The lowest BCUT2D eigenvalue weighted by molar-refractivity contribution is 0.340. The molecule has 2 aromatic rings. The van der Waals surface area contributed by atoms with E-state index in [1.54, 1.807) is 28.6 Å². The van der Waals surface area contributed by atoms with E-state index in [2.05, 4.69) is 36.9 Å². The highest BCUT2D eigenvalue weighted by molar-refractivity contribution is 7.89. The zero-order valence-corrected chi connectivity index (χ0v) is 16.4. The van der Waals surface area contributed by atoms with Crippen LogP contribution in [0.4, 0.5) is 5.69 Å². The molecule has 0 bridgehead atoms. The van der Waals surface area contributed by atoms with Gasteiger partial charge < -0.3 is 9.64 Å². The van der Waals surface area contributed by atoms with E-state index in [9.17, 15) is 8.42 Å². The maximum Gasteiger partial charge on any atom is 0.243 e. The molecule has 1 heterocycles. The van der Waals surface area contributed by atoms with Crippen LogP contribution in [0.1, 0.15) is 18.1 Å². The van der Waals surface area contributed by atoms with E-state index in [0.29, 0.717) is 43.4 Å². The highest BCUT2D eigenvalue weighted by Crippen LogP contribution is 2.25. The second kappa shape index (κ2) is 7.68. The fourth-order valence-corrected chi connectivity index (χ4v) is 4.68. The number of nitrogens with zero attached hydrogens (tertiary/aromatic N) is 2. The summed E-state index contributed by atoms with van der Waals surface area (Å²) in [5.41, 5.74) is 3.64. The van der Waals surface area contributed by atoms with Crippen molar-refractivity contribution in [3.63, 3.8) is 0 Å². The molecule has 0 saturated carbocycles. The van der Waals surface area contributed by atoms with Crippen LogP contribution in [0.3, 0.4) is 0 Å². The maximum atomic E-state index is 12.9. The Morgan fingerprint density at radius 2 is 1.62 bits per heavy atom. The molecule has 140 valence electrons. The molecule has 0 aliphatic carbocycles. The summed E-state index contributed by atoms with van der Waals surface area (Å²) in [5, 5.41) is 0. The Kier molecular flexibility index (Phi) is 5.53. The Morgan fingerprint density at radius 1 is 0.962 bits per heavy atom. The first-order chi connectivity index (χ1) is 12.4. The highest BCUT2D eigenvalue weighted by Gasteiger charge is 2.29. The van der Waals surface area contributed by atoms with Gasteiger partial charge in [-0.2, -0.15) is 4.31 Å². The van der Waals surface area contributed by atoms with E-state index in [0.717, 1.165) is 0 Å². The van der Waals surface area contributed by atoms with Crippen molar-refractivity contribution in [2.45, 2.75) is 25.7 Å². The zero-order valence-electron chi connectivity index (χ0n) is 15.6. The number of piperazine rings is 1. The third-order valence-corrected chi connectivity index (χ3v) is 6.63. The van der Waals surface area contributed by atoms with Crippen molar-refractivity contribution in [1.29, 1.82) is 0 Å². The topological polar surface area (TPSA) is 49.9 Å². The van der Waals surface area contributed by atoms with Crippen molar-refractivity contribution in [3.8, 4) is 5.75 Å². The normalized spacial score (nSPS) is 15.9. The summed E-state index contributed by atoms with van der Waals surface area (Å²) in [7, 11) is -3.47. The minimum Gasteiger partial charge on any atom is -0.494 e. The minimum absolute atomic E-state index is 0.320. The van der Waals surface area contributed by atoms with Gasteiger partial charge in [0, 0.05) is 31.9 Å². The molecule has 1 saturated heterocycles. The van der Waals surface area contributed by atoms with Gasteiger partial charge in [0.1, 0.15) is 5.75 Å². The molecule has 1 fully saturated rings. The molecule has 6 heteroatoms. The van der Waals surface area contributed by atoms with Gasteiger partial charge in [-0.25, -0.2) is 8.42 Å². The van der Waals surface area contributed by atoms with Crippen molar-refractivity contribution in [3.05, 3.63) is 53.6 Å². The van der Waals surface area contributed by atoms with E-state index in [-0.39, 0.29) is 0 Å². The zero-order chi connectivity index (χ0) is 18.7. The fourth-order valence-electron chi connectivity index (χ4n) is 3.25. The molecule has 0 spiro atoms. The highest BCUT2D eigenvalue weighted by atomic mass is 32.2. The summed E-state index contributed by atoms with van der Waals surface area (Å²) in [6, 6.07) is 13.1. The summed E-state index contributed by atoms with van der Waals surface area (Å²) < 4.78 is 32.7. The summed E-state index contributed by atoms with van der Waals surface area (Å²) in [5.74, 6) is 0.686. The predicted octanol–water partition coefficient (Wildman–Crippen LogP) is 3.21. The summed E-state index contributed by atoms with van der Waals surface area (Å²) >= 11 is 0. The number of anilines is 1. The first-order valence-corrected chi connectivity index (χ1v) is 10.4. The molecule has 5 nitrogen and oxygen atoms in total. The summed E-state index contributed by atoms with van der Waals surface area (Å²) in [6.07, 6.45) is 0. The quantitative estimate of drug-likeness (QED) is 0.806. The third-order valence-electron chi connectivity index (χ3n) is 4.72. The first kappa shape index (κ1) is 18.7. The maximum absolute atomic E-state index is 12.9. The van der Waals surface area contributed by atoms with Crippen molar-refractivity contribution < 1.29 is 13.2 Å². The Balaban J connectivity index is 1.71. The molecule has 0 amide bonds. The van der Waals surface area contributed by atoms with Gasteiger partial charge in [0.15, 0.2) is 0 Å². The third kappa shape index (κ3) is 3.86. The molecule has 0 N–H and O–H groups in total. The average Bonchev–Trinajstić information content (AvgIpc) is 2.64. The van der Waals surface area contributed by atoms with Gasteiger partial charge in [-0.3, -0.25) is 0 Å². The summed E-state index contributed by atoms with van der Waals surface area (Å²) in [6.45, 7) is 9.01. The van der Waals surface area contributed by atoms with Crippen molar-refractivity contribution in [2.24, 2.45) is 0 Å². The lowest BCUT2D eigenvalue weighted by atomic mass is 10.1. The molecule has 0 aromatic heterocycles. The van der Waals surface area contributed by atoms with Crippen LogP contribution in [0.2, 0.25) is 0 Å². The molecule has 2 aromatic carbocycles. The van der Waals surface area contributed by atoms with Gasteiger partial charge in [-0.1, -0.05) is 12.1 Å².